The molecule has 0 radical (unpaired) electrons. The van der Waals surface area contributed by atoms with E-state index in [0.29, 0.717) is 6.61 Å². The van der Waals surface area contributed by atoms with Crippen LogP contribution in [0.5, 0.6) is 0 Å². The highest BCUT2D eigenvalue weighted by atomic mass is 19.1. The molecule has 1 aromatic rings. The van der Waals surface area contributed by atoms with Gasteiger partial charge < -0.3 is 14.8 Å². The standard InChI is InChI=1S/C17H23FN2O3/c1-19-16(21)11-22-15-8-17(23-10-15)5-6-20(12-17)9-13-3-2-4-14(18)7-13/h2-4,7,15H,5-6,8-12H2,1H3,(H,19,21). The first-order chi connectivity index (χ1) is 11.1. The van der Waals surface area contributed by atoms with E-state index in [-0.39, 0.29) is 30.0 Å². The number of carbonyl (C=O) groups excluding carboxylic acids is 1. The zero-order valence-electron chi connectivity index (χ0n) is 13.4. The number of rotatable bonds is 5. The van der Waals surface area contributed by atoms with Crippen LogP contribution in [0.1, 0.15) is 18.4 Å². The number of benzene rings is 1. The molecule has 126 valence electrons. The minimum Gasteiger partial charge on any atom is -0.371 e. The summed E-state index contributed by atoms with van der Waals surface area (Å²) >= 11 is 0. The summed E-state index contributed by atoms with van der Waals surface area (Å²) in [7, 11) is 1.60. The Morgan fingerprint density at radius 1 is 1.57 bits per heavy atom. The topological polar surface area (TPSA) is 50.8 Å². The SMILES string of the molecule is CNC(=O)COC1COC2(CCN(Cc3cccc(F)c3)C2)C1. The van der Waals surface area contributed by atoms with Crippen LogP contribution >= 0.6 is 0 Å². The van der Waals surface area contributed by atoms with Gasteiger partial charge in [0.25, 0.3) is 0 Å². The fraction of sp³-hybridized carbons (Fsp3) is 0.588. The fourth-order valence-electron chi connectivity index (χ4n) is 3.42. The Morgan fingerprint density at radius 3 is 3.22 bits per heavy atom. The van der Waals surface area contributed by atoms with Gasteiger partial charge in [-0.25, -0.2) is 4.39 Å². The first-order valence-corrected chi connectivity index (χ1v) is 8.01. The molecule has 2 aliphatic rings. The molecule has 2 atom stereocenters. The summed E-state index contributed by atoms with van der Waals surface area (Å²) in [4.78, 5) is 13.5. The molecule has 5 nitrogen and oxygen atoms in total. The second-order valence-corrected chi connectivity index (χ2v) is 6.39. The maximum atomic E-state index is 13.3. The molecule has 3 rings (SSSR count). The first-order valence-electron chi connectivity index (χ1n) is 8.01. The number of nitrogens with zero attached hydrogens (tertiary/aromatic N) is 1. The molecule has 2 saturated heterocycles. The number of carbonyl (C=O) groups is 1. The lowest BCUT2D eigenvalue weighted by Crippen LogP contribution is -2.33. The maximum absolute atomic E-state index is 13.3. The summed E-state index contributed by atoms with van der Waals surface area (Å²) in [6, 6.07) is 6.73. The molecule has 6 heteroatoms. The van der Waals surface area contributed by atoms with Crippen molar-refractivity contribution in [3.05, 3.63) is 35.6 Å². The third-order valence-corrected chi connectivity index (χ3v) is 4.59. The average molecular weight is 322 g/mol. The van der Waals surface area contributed by atoms with Crippen LogP contribution in [0.15, 0.2) is 24.3 Å². The fourth-order valence-corrected chi connectivity index (χ4v) is 3.42. The second kappa shape index (κ2) is 6.95. The van der Waals surface area contributed by atoms with Gasteiger partial charge >= 0.3 is 0 Å². The van der Waals surface area contributed by atoms with Gasteiger partial charge in [0.2, 0.25) is 5.91 Å². The Balaban J connectivity index is 1.50. The van der Waals surface area contributed by atoms with Crippen molar-refractivity contribution in [1.29, 1.82) is 0 Å². The Hall–Kier alpha value is -1.50. The highest BCUT2D eigenvalue weighted by Gasteiger charge is 2.45. The van der Waals surface area contributed by atoms with Gasteiger partial charge in [-0.15, -0.1) is 0 Å². The smallest absolute Gasteiger partial charge is 0.245 e. The molecule has 2 heterocycles. The van der Waals surface area contributed by atoms with Gasteiger partial charge in [-0.05, 0) is 24.1 Å². The van der Waals surface area contributed by atoms with E-state index < -0.39 is 0 Å². The van der Waals surface area contributed by atoms with Crippen molar-refractivity contribution in [1.82, 2.24) is 10.2 Å². The van der Waals surface area contributed by atoms with Gasteiger partial charge in [-0.3, -0.25) is 9.69 Å². The zero-order valence-corrected chi connectivity index (χ0v) is 13.4. The highest BCUT2D eigenvalue weighted by molar-refractivity contribution is 5.76. The van der Waals surface area contributed by atoms with E-state index in [0.717, 1.165) is 38.0 Å². The van der Waals surface area contributed by atoms with Crippen LogP contribution in [0.2, 0.25) is 0 Å². The molecular formula is C17H23FN2O3. The van der Waals surface area contributed by atoms with Crippen LogP contribution in [-0.2, 0) is 20.8 Å². The Labute approximate surface area is 135 Å². The molecule has 23 heavy (non-hydrogen) atoms. The molecule has 0 saturated carbocycles. The lowest BCUT2D eigenvalue weighted by atomic mass is 9.98. The summed E-state index contributed by atoms with van der Waals surface area (Å²) in [6.45, 7) is 3.09. The third kappa shape index (κ3) is 4.07. The van der Waals surface area contributed by atoms with Crippen molar-refractivity contribution in [3.63, 3.8) is 0 Å². The van der Waals surface area contributed by atoms with Crippen LogP contribution < -0.4 is 5.32 Å². The van der Waals surface area contributed by atoms with Gasteiger partial charge in [0.1, 0.15) is 12.4 Å². The predicted octanol–water partition coefficient (Wildman–Crippen LogP) is 1.32. The minimum atomic E-state index is -0.198. The molecule has 0 aromatic heterocycles. The van der Waals surface area contributed by atoms with Crippen LogP contribution in [0, 0.1) is 5.82 Å². The van der Waals surface area contributed by atoms with Gasteiger partial charge in [0.15, 0.2) is 0 Å². The van der Waals surface area contributed by atoms with E-state index in [4.69, 9.17) is 9.47 Å². The van der Waals surface area contributed by atoms with Crippen LogP contribution in [0.4, 0.5) is 4.39 Å². The van der Waals surface area contributed by atoms with E-state index in [1.807, 2.05) is 6.07 Å². The summed E-state index contributed by atoms with van der Waals surface area (Å²) in [5, 5.41) is 2.55. The molecule has 1 aromatic carbocycles. The second-order valence-electron chi connectivity index (χ2n) is 6.39. The van der Waals surface area contributed by atoms with E-state index in [2.05, 4.69) is 10.2 Å². The number of likely N-dealkylation sites (tertiary alicyclic amines) is 1. The van der Waals surface area contributed by atoms with Gasteiger partial charge in [-0.2, -0.15) is 0 Å². The highest BCUT2D eigenvalue weighted by Crippen LogP contribution is 2.36. The third-order valence-electron chi connectivity index (χ3n) is 4.59. The molecule has 0 bridgehead atoms. The van der Waals surface area contributed by atoms with Crippen molar-refractivity contribution in [2.24, 2.45) is 0 Å². The molecule has 1 spiro atoms. The van der Waals surface area contributed by atoms with Crippen molar-refractivity contribution in [2.45, 2.75) is 31.1 Å². The van der Waals surface area contributed by atoms with Crippen molar-refractivity contribution in [3.8, 4) is 0 Å². The summed E-state index contributed by atoms with van der Waals surface area (Å²) in [6.07, 6.45) is 1.73. The largest absolute Gasteiger partial charge is 0.371 e. The number of ether oxygens (including phenoxy) is 2. The number of likely N-dealkylation sites (N-methyl/N-ethyl adjacent to an activating group) is 1. The Kier molecular flexibility index (Phi) is 4.94. The van der Waals surface area contributed by atoms with Crippen LogP contribution in [-0.4, -0.2) is 55.9 Å². The molecule has 1 amide bonds. The first kappa shape index (κ1) is 16.4. The number of hydrogen-bond acceptors (Lipinski definition) is 4. The van der Waals surface area contributed by atoms with Crippen molar-refractivity contribution >= 4 is 5.91 Å². The molecule has 2 unspecified atom stereocenters. The lowest BCUT2D eigenvalue weighted by molar-refractivity contribution is -0.127. The lowest BCUT2D eigenvalue weighted by Gasteiger charge is -2.23. The number of nitrogens with one attached hydrogen (secondary N) is 1. The number of hydrogen-bond donors (Lipinski definition) is 1. The maximum Gasteiger partial charge on any atom is 0.245 e. The molecule has 2 fully saturated rings. The number of halogens is 1. The van der Waals surface area contributed by atoms with E-state index in [9.17, 15) is 9.18 Å². The van der Waals surface area contributed by atoms with E-state index >= 15 is 0 Å². The molecule has 0 aliphatic carbocycles. The van der Waals surface area contributed by atoms with E-state index in [1.165, 1.54) is 6.07 Å². The monoisotopic (exact) mass is 322 g/mol. The van der Waals surface area contributed by atoms with Crippen molar-refractivity contribution in [2.75, 3.05) is 33.4 Å². The van der Waals surface area contributed by atoms with Gasteiger partial charge in [-0.1, -0.05) is 12.1 Å². The summed E-state index contributed by atoms with van der Waals surface area (Å²) in [5.74, 6) is -0.318. The van der Waals surface area contributed by atoms with Gasteiger partial charge in [0, 0.05) is 33.1 Å². The van der Waals surface area contributed by atoms with E-state index in [1.54, 1.807) is 19.2 Å². The average Bonchev–Trinajstić information content (AvgIpc) is 3.12. The quantitative estimate of drug-likeness (QED) is 0.888. The molecule has 1 N–H and O–H groups in total. The molecular weight excluding hydrogens is 299 g/mol. The van der Waals surface area contributed by atoms with Crippen LogP contribution in [0.25, 0.3) is 0 Å². The zero-order chi connectivity index (χ0) is 16.3. The van der Waals surface area contributed by atoms with Crippen molar-refractivity contribution < 1.29 is 18.7 Å². The Morgan fingerprint density at radius 2 is 2.43 bits per heavy atom. The number of amides is 1. The Bertz CT molecular complexity index is 569. The molecule has 2 aliphatic heterocycles. The van der Waals surface area contributed by atoms with Crippen LogP contribution in [0.3, 0.4) is 0 Å². The summed E-state index contributed by atoms with van der Waals surface area (Å²) < 4.78 is 24.9. The van der Waals surface area contributed by atoms with Gasteiger partial charge in [0.05, 0.1) is 18.3 Å². The predicted molar refractivity (Wildman–Crippen MR) is 83.4 cm³/mol. The minimum absolute atomic E-state index is 0.0265. The summed E-state index contributed by atoms with van der Waals surface area (Å²) in [5.41, 5.74) is 0.799. The normalized spacial score (nSPS) is 27.7.